The molecule has 3 heterocycles. The van der Waals surface area contributed by atoms with Gasteiger partial charge in [-0.05, 0) is 62.5 Å². The van der Waals surface area contributed by atoms with E-state index >= 15 is 0 Å². The van der Waals surface area contributed by atoms with Gasteiger partial charge in [0.05, 0.1) is 0 Å². The van der Waals surface area contributed by atoms with E-state index in [0.717, 1.165) is 70.1 Å². The van der Waals surface area contributed by atoms with Crippen LogP contribution >= 0.6 is 0 Å². The zero-order chi connectivity index (χ0) is 19.7. The van der Waals surface area contributed by atoms with Crippen molar-refractivity contribution in [3.8, 4) is 5.75 Å². The highest BCUT2D eigenvalue weighted by atomic mass is 16.5. The third kappa shape index (κ3) is 4.61. The molecule has 3 aliphatic heterocycles. The third-order valence-corrected chi connectivity index (χ3v) is 7.30. The maximum atomic E-state index is 12.5. The number of para-hydroxylation sites is 1. The fourth-order valence-corrected chi connectivity index (χ4v) is 5.41. The largest absolute Gasteiger partial charge is 0.487 e. The molecule has 5 nitrogen and oxygen atoms in total. The molecule has 5 heteroatoms. The Morgan fingerprint density at radius 2 is 1.86 bits per heavy atom. The van der Waals surface area contributed by atoms with E-state index in [2.05, 4.69) is 34.5 Å². The van der Waals surface area contributed by atoms with Crippen molar-refractivity contribution in [2.75, 3.05) is 32.8 Å². The van der Waals surface area contributed by atoms with Crippen LogP contribution in [0.3, 0.4) is 0 Å². The molecule has 1 atom stereocenters. The molecule has 1 amide bonds. The van der Waals surface area contributed by atoms with Crippen molar-refractivity contribution in [3.63, 3.8) is 0 Å². The van der Waals surface area contributed by atoms with E-state index in [1.165, 1.54) is 24.9 Å². The molecule has 2 saturated heterocycles. The van der Waals surface area contributed by atoms with Gasteiger partial charge in [0.25, 0.3) is 0 Å². The Morgan fingerprint density at radius 1 is 1.10 bits per heavy atom. The second-order valence-electron chi connectivity index (χ2n) is 9.63. The van der Waals surface area contributed by atoms with Crippen LogP contribution in [0.5, 0.6) is 5.75 Å². The number of carbonyl (C=O) groups is 1. The summed E-state index contributed by atoms with van der Waals surface area (Å²) in [6.45, 7) is 5.24. The summed E-state index contributed by atoms with van der Waals surface area (Å²) in [4.78, 5) is 15.2. The Hall–Kier alpha value is -1.59. The average molecular weight is 399 g/mol. The number of fused-ring (bicyclic) bond motifs is 1. The summed E-state index contributed by atoms with van der Waals surface area (Å²) in [6.07, 6.45) is 8.35. The van der Waals surface area contributed by atoms with Gasteiger partial charge in [-0.15, -0.1) is 0 Å². The van der Waals surface area contributed by atoms with Gasteiger partial charge in [0.15, 0.2) is 0 Å². The lowest BCUT2D eigenvalue weighted by Crippen LogP contribution is -2.51. The minimum Gasteiger partial charge on any atom is -0.487 e. The van der Waals surface area contributed by atoms with Crippen molar-refractivity contribution in [1.82, 2.24) is 10.2 Å². The van der Waals surface area contributed by atoms with E-state index in [-0.39, 0.29) is 17.4 Å². The minimum atomic E-state index is -0.106. The fraction of sp³-hybridized carbons (Fsp3) is 0.708. The summed E-state index contributed by atoms with van der Waals surface area (Å²) in [6, 6.07) is 8.80. The predicted octanol–water partition coefficient (Wildman–Crippen LogP) is 3.48. The number of piperidine rings is 1. The topological polar surface area (TPSA) is 50.8 Å². The molecular formula is C24H34N2O3. The highest BCUT2D eigenvalue weighted by molar-refractivity contribution is 5.77. The Morgan fingerprint density at radius 3 is 2.62 bits per heavy atom. The number of hydrogen-bond donors (Lipinski definition) is 1. The molecule has 0 bridgehead atoms. The molecule has 5 rings (SSSR count). The quantitative estimate of drug-likeness (QED) is 0.825. The lowest BCUT2D eigenvalue weighted by Gasteiger charge is -2.47. The van der Waals surface area contributed by atoms with E-state index in [1.807, 2.05) is 0 Å². The van der Waals surface area contributed by atoms with Crippen molar-refractivity contribution in [2.45, 2.75) is 68.9 Å². The van der Waals surface area contributed by atoms with E-state index in [4.69, 9.17) is 9.47 Å². The molecule has 29 heavy (non-hydrogen) atoms. The third-order valence-electron chi connectivity index (χ3n) is 7.30. The molecule has 0 unspecified atom stereocenters. The zero-order valence-electron chi connectivity index (χ0n) is 17.4. The average Bonchev–Trinajstić information content (AvgIpc) is 3.55. The smallest absolute Gasteiger partial charge is 0.220 e. The maximum Gasteiger partial charge on any atom is 0.220 e. The first kappa shape index (κ1) is 19.4. The normalized spacial score (nSPS) is 27.2. The number of amides is 1. The second kappa shape index (κ2) is 8.27. The summed E-state index contributed by atoms with van der Waals surface area (Å²) in [5, 5.41) is 3.18. The fourth-order valence-electron chi connectivity index (χ4n) is 5.41. The monoisotopic (exact) mass is 398 g/mol. The Labute approximate surface area is 174 Å². The first-order valence-corrected chi connectivity index (χ1v) is 11.6. The SMILES string of the molecule is O=C(C[C@H]1CC2(CCN(CC3CCOCC3)CC2)Oc2ccccc21)NC1CC1. The number of likely N-dealkylation sites (tertiary alicyclic amines) is 1. The van der Waals surface area contributed by atoms with E-state index in [9.17, 15) is 4.79 Å². The van der Waals surface area contributed by atoms with Crippen LogP contribution in [0.15, 0.2) is 24.3 Å². The van der Waals surface area contributed by atoms with Gasteiger partial charge in [0, 0.05) is 51.2 Å². The van der Waals surface area contributed by atoms with Crippen LogP contribution in [-0.2, 0) is 9.53 Å². The lowest BCUT2D eigenvalue weighted by molar-refractivity contribution is -0.122. The van der Waals surface area contributed by atoms with E-state index in [1.54, 1.807) is 0 Å². The van der Waals surface area contributed by atoms with Crippen LogP contribution in [0.2, 0.25) is 0 Å². The summed E-state index contributed by atoms with van der Waals surface area (Å²) in [5.41, 5.74) is 1.11. The van der Waals surface area contributed by atoms with Gasteiger partial charge in [-0.3, -0.25) is 4.79 Å². The molecule has 4 aliphatic rings. The zero-order valence-corrected chi connectivity index (χ0v) is 17.4. The highest BCUT2D eigenvalue weighted by Crippen LogP contribution is 2.46. The number of nitrogens with one attached hydrogen (secondary N) is 1. The van der Waals surface area contributed by atoms with Crippen molar-refractivity contribution in [2.24, 2.45) is 5.92 Å². The minimum absolute atomic E-state index is 0.106. The molecule has 0 aromatic heterocycles. The van der Waals surface area contributed by atoms with Gasteiger partial charge in [-0.2, -0.15) is 0 Å². The van der Waals surface area contributed by atoms with Gasteiger partial charge in [0.2, 0.25) is 5.91 Å². The van der Waals surface area contributed by atoms with Crippen LogP contribution in [-0.4, -0.2) is 55.3 Å². The number of ether oxygens (including phenoxy) is 2. The maximum absolute atomic E-state index is 12.5. The van der Waals surface area contributed by atoms with Gasteiger partial charge in [-0.25, -0.2) is 0 Å². The van der Waals surface area contributed by atoms with Crippen LogP contribution in [0.1, 0.15) is 62.8 Å². The molecule has 1 aromatic carbocycles. The van der Waals surface area contributed by atoms with Crippen LogP contribution in [0, 0.1) is 5.92 Å². The number of carbonyl (C=O) groups excluding carboxylic acids is 1. The molecular weight excluding hydrogens is 364 g/mol. The van der Waals surface area contributed by atoms with Gasteiger partial charge in [-0.1, -0.05) is 18.2 Å². The predicted molar refractivity (Wildman–Crippen MR) is 112 cm³/mol. The van der Waals surface area contributed by atoms with E-state index in [0.29, 0.717) is 12.5 Å². The van der Waals surface area contributed by atoms with Crippen molar-refractivity contribution >= 4 is 5.91 Å². The van der Waals surface area contributed by atoms with Crippen molar-refractivity contribution in [3.05, 3.63) is 29.8 Å². The highest BCUT2D eigenvalue weighted by Gasteiger charge is 2.44. The van der Waals surface area contributed by atoms with Crippen LogP contribution in [0.4, 0.5) is 0 Å². The Balaban J connectivity index is 1.24. The van der Waals surface area contributed by atoms with Gasteiger partial charge < -0.3 is 19.7 Å². The van der Waals surface area contributed by atoms with Gasteiger partial charge in [0.1, 0.15) is 11.4 Å². The molecule has 0 radical (unpaired) electrons. The standard InChI is InChI=1S/C24H34N2O3/c27-23(25-20-5-6-20)15-19-16-24(29-22-4-2-1-3-21(19)22)9-11-26(12-10-24)17-18-7-13-28-14-8-18/h1-4,18-20H,5-17H2,(H,25,27)/t19-/m0/s1. The summed E-state index contributed by atoms with van der Waals surface area (Å²) in [5.74, 6) is 2.26. The molecule has 158 valence electrons. The molecule has 1 spiro atoms. The molecule has 1 saturated carbocycles. The first-order chi connectivity index (χ1) is 14.2. The van der Waals surface area contributed by atoms with Gasteiger partial charge >= 0.3 is 0 Å². The summed E-state index contributed by atoms with van der Waals surface area (Å²) >= 11 is 0. The summed E-state index contributed by atoms with van der Waals surface area (Å²) in [7, 11) is 0. The molecule has 3 fully saturated rings. The molecule has 1 aliphatic carbocycles. The Bertz CT molecular complexity index is 719. The number of hydrogen-bond acceptors (Lipinski definition) is 4. The second-order valence-corrected chi connectivity index (χ2v) is 9.63. The van der Waals surface area contributed by atoms with Crippen LogP contribution < -0.4 is 10.1 Å². The lowest BCUT2D eigenvalue weighted by atomic mass is 9.76. The van der Waals surface area contributed by atoms with Crippen LogP contribution in [0.25, 0.3) is 0 Å². The Kier molecular flexibility index (Phi) is 5.53. The summed E-state index contributed by atoms with van der Waals surface area (Å²) < 4.78 is 12.1. The number of rotatable bonds is 5. The molecule has 1 N–H and O–H groups in total. The van der Waals surface area contributed by atoms with Crippen molar-refractivity contribution in [1.29, 1.82) is 0 Å². The first-order valence-electron chi connectivity index (χ1n) is 11.6. The van der Waals surface area contributed by atoms with E-state index < -0.39 is 0 Å². The van der Waals surface area contributed by atoms with Crippen molar-refractivity contribution < 1.29 is 14.3 Å². The molecule has 1 aromatic rings. The number of nitrogens with zero attached hydrogens (tertiary/aromatic N) is 1. The number of benzene rings is 1.